The smallest absolute Gasteiger partial charge is 0.229 e. The molecule has 2 aromatic rings. The molecule has 1 N–H and O–H groups in total. The lowest BCUT2D eigenvalue weighted by Gasteiger charge is -2.21. The third-order valence-electron chi connectivity index (χ3n) is 4.21. The summed E-state index contributed by atoms with van der Waals surface area (Å²) in [6.45, 7) is 2.18. The standard InChI is InChI=1S/C18H25N5/c1-22(2)16-9-7-15(8-10-16)20-18-19-12-11-17(21-18)23-13-5-3-4-6-14-23/h7-12H,3-6,13-14H2,1-2H3,(H,19,20,21). The van der Waals surface area contributed by atoms with Gasteiger partial charge in [-0.3, -0.25) is 0 Å². The first-order valence-corrected chi connectivity index (χ1v) is 8.35. The molecule has 0 bridgehead atoms. The number of aromatic nitrogens is 2. The zero-order valence-corrected chi connectivity index (χ0v) is 14.0. The number of hydrogen-bond acceptors (Lipinski definition) is 5. The van der Waals surface area contributed by atoms with Crippen molar-refractivity contribution < 1.29 is 0 Å². The van der Waals surface area contributed by atoms with Gasteiger partial charge in [-0.1, -0.05) is 12.8 Å². The third-order valence-corrected chi connectivity index (χ3v) is 4.21. The molecule has 1 aromatic heterocycles. The van der Waals surface area contributed by atoms with Gasteiger partial charge in [0.25, 0.3) is 0 Å². The maximum atomic E-state index is 4.68. The molecule has 0 aliphatic carbocycles. The molecule has 1 saturated heterocycles. The van der Waals surface area contributed by atoms with Gasteiger partial charge in [-0.05, 0) is 43.2 Å². The molecule has 1 aliphatic heterocycles. The molecule has 1 aliphatic rings. The van der Waals surface area contributed by atoms with Crippen LogP contribution in [0.25, 0.3) is 0 Å². The van der Waals surface area contributed by atoms with Crippen LogP contribution in [0.1, 0.15) is 25.7 Å². The van der Waals surface area contributed by atoms with Crippen molar-refractivity contribution in [1.82, 2.24) is 9.97 Å². The van der Waals surface area contributed by atoms with E-state index in [0.29, 0.717) is 5.95 Å². The highest BCUT2D eigenvalue weighted by Crippen LogP contribution is 2.21. The predicted octanol–water partition coefficient (Wildman–Crippen LogP) is 3.67. The summed E-state index contributed by atoms with van der Waals surface area (Å²) in [6, 6.07) is 10.3. The first-order valence-electron chi connectivity index (χ1n) is 8.35. The Kier molecular flexibility index (Phi) is 4.95. The Balaban J connectivity index is 1.71. The molecule has 5 heteroatoms. The largest absolute Gasteiger partial charge is 0.378 e. The van der Waals surface area contributed by atoms with Crippen LogP contribution in [-0.4, -0.2) is 37.2 Å². The van der Waals surface area contributed by atoms with Crippen LogP contribution in [0.5, 0.6) is 0 Å². The molecule has 1 fully saturated rings. The van der Waals surface area contributed by atoms with Gasteiger partial charge in [0.15, 0.2) is 0 Å². The Hall–Kier alpha value is -2.30. The molecule has 5 nitrogen and oxygen atoms in total. The van der Waals surface area contributed by atoms with E-state index in [-0.39, 0.29) is 0 Å². The minimum absolute atomic E-state index is 0.657. The maximum Gasteiger partial charge on any atom is 0.229 e. The van der Waals surface area contributed by atoms with Gasteiger partial charge in [-0.25, -0.2) is 4.98 Å². The second-order valence-electron chi connectivity index (χ2n) is 6.21. The van der Waals surface area contributed by atoms with Crippen LogP contribution in [0, 0.1) is 0 Å². The lowest BCUT2D eigenvalue weighted by Crippen LogP contribution is -2.25. The monoisotopic (exact) mass is 311 g/mol. The van der Waals surface area contributed by atoms with Gasteiger partial charge in [0.05, 0.1) is 0 Å². The minimum atomic E-state index is 0.657. The second-order valence-corrected chi connectivity index (χ2v) is 6.21. The van der Waals surface area contributed by atoms with Gasteiger partial charge < -0.3 is 15.1 Å². The SMILES string of the molecule is CN(C)c1ccc(Nc2nccc(N3CCCCCC3)n2)cc1. The number of nitrogens with one attached hydrogen (secondary N) is 1. The predicted molar refractivity (Wildman–Crippen MR) is 96.8 cm³/mol. The van der Waals surface area contributed by atoms with Gasteiger partial charge in [-0.15, -0.1) is 0 Å². The van der Waals surface area contributed by atoms with Crippen molar-refractivity contribution in [2.75, 3.05) is 42.3 Å². The molecule has 2 heterocycles. The summed E-state index contributed by atoms with van der Waals surface area (Å²) in [5.41, 5.74) is 2.18. The fourth-order valence-corrected chi connectivity index (χ4v) is 2.86. The highest BCUT2D eigenvalue weighted by molar-refractivity contribution is 5.59. The van der Waals surface area contributed by atoms with Crippen molar-refractivity contribution in [3.05, 3.63) is 36.5 Å². The van der Waals surface area contributed by atoms with E-state index in [0.717, 1.165) is 24.6 Å². The summed E-state index contributed by atoms with van der Waals surface area (Å²) < 4.78 is 0. The van der Waals surface area contributed by atoms with E-state index in [4.69, 9.17) is 0 Å². The summed E-state index contributed by atoms with van der Waals surface area (Å²) >= 11 is 0. The summed E-state index contributed by atoms with van der Waals surface area (Å²) in [6.07, 6.45) is 6.98. The van der Waals surface area contributed by atoms with Crippen LogP contribution in [0.4, 0.5) is 23.1 Å². The van der Waals surface area contributed by atoms with Gasteiger partial charge >= 0.3 is 0 Å². The fraction of sp³-hybridized carbons (Fsp3) is 0.444. The number of nitrogens with zero attached hydrogens (tertiary/aromatic N) is 4. The number of anilines is 4. The van der Waals surface area contributed by atoms with E-state index in [1.165, 1.54) is 31.4 Å². The van der Waals surface area contributed by atoms with E-state index in [9.17, 15) is 0 Å². The van der Waals surface area contributed by atoms with Crippen LogP contribution in [0.2, 0.25) is 0 Å². The summed E-state index contributed by atoms with van der Waals surface area (Å²) in [4.78, 5) is 13.5. The molecule has 3 rings (SSSR count). The Morgan fingerprint density at radius 2 is 1.65 bits per heavy atom. The average Bonchev–Trinajstić information content (AvgIpc) is 2.85. The second kappa shape index (κ2) is 7.31. The van der Waals surface area contributed by atoms with Crippen molar-refractivity contribution in [3.8, 4) is 0 Å². The van der Waals surface area contributed by atoms with E-state index < -0.39 is 0 Å². The molecule has 122 valence electrons. The first-order chi connectivity index (χ1) is 11.2. The Morgan fingerprint density at radius 3 is 2.30 bits per heavy atom. The van der Waals surface area contributed by atoms with Crippen molar-refractivity contribution in [3.63, 3.8) is 0 Å². The molecule has 0 radical (unpaired) electrons. The van der Waals surface area contributed by atoms with Crippen LogP contribution in [0.15, 0.2) is 36.5 Å². The Morgan fingerprint density at radius 1 is 0.957 bits per heavy atom. The highest BCUT2D eigenvalue weighted by Gasteiger charge is 2.11. The van der Waals surface area contributed by atoms with Crippen molar-refractivity contribution in [2.45, 2.75) is 25.7 Å². The van der Waals surface area contributed by atoms with Gasteiger partial charge in [-0.2, -0.15) is 4.98 Å². The van der Waals surface area contributed by atoms with Crippen molar-refractivity contribution >= 4 is 23.1 Å². The zero-order chi connectivity index (χ0) is 16.1. The van der Waals surface area contributed by atoms with Crippen LogP contribution < -0.4 is 15.1 Å². The molecular formula is C18H25N5. The molecule has 0 amide bonds. The van der Waals surface area contributed by atoms with Crippen LogP contribution in [-0.2, 0) is 0 Å². The number of hydrogen-bond donors (Lipinski definition) is 1. The molecule has 23 heavy (non-hydrogen) atoms. The third kappa shape index (κ3) is 4.12. The van der Waals surface area contributed by atoms with E-state index in [1.807, 2.05) is 26.4 Å². The molecule has 0 saturated carbocycles. The molecular weight excluding hydrogens is 286 g/mol. The quantitative estimate of drug-likeness (QED) is 0.933. The topological polar surface area (TPSA) is 44.3 Å². The van der Waals surface area contributed by atoms with Gasteiger partial charge in [0.1, 0.15) is 5.82 Å². The maximum absolute atomic E-state index is 4.68. The van der Waals surface area contributed by atoms with E-state index >= 15 is 0 Å². The van der Waals surface area contributed by atoms with Crippen LogP contribution in [0.3, 0.4) is 0 Å². The average molecular weight is 311 g/mol. The highest BCUT2D eigenvalue weighted by atomic mass is 15.2. The molecule has 0 spiro atoms. The number of benzene rings is 1. The fourth-order valence-electron chi connectivity index (χ4n) is 2.86. The summed E-state index contributed by atoms with van der Waals surface area (Å²) in [7, 11) is 4.08. The normalized spacial score (nSPS) is 15.1. The van der Waals surface area contributed by atoms with Crippen molar-refractivity contribution in [1.29, 1.82) is 0 Å². The molecule has 0 unspecified atom stereocenters. The number of rotatable bonds is 4. The van der Waals surface area contributed by atoms with Crippen molar-refractivity contribution in [2.24, 2.45) is 0 Å². The first kappa shape index (κ1) is 15.6. The van der Waals surface area contributed by atoms with Crippen LogP contribution >= 0.6 is 0 Å². The molecule has 0 atom stereocenters. The lowest BCUT2D eigenvalue weighted by atomic mass is 10.2. The zero-order valence-electron chi connectivity index (χ0n) is 14.0. The van der Waals surface area contributed by atoms with E-state index in [1.54, 1.807) is 0 Å². The molecule has 1 aromatic carbocycles. The lowest BCUT2D eigenvalue weighted by molar-refractivity contribution is 0.726. The Bertz CT molecular complexity index is 616. The summed E-state index contributed by atoms with van der Waals surface area (Å²) in [5.74, 6) is 1.68. The Labute approximate surface area is 138 Å². The van der Waals surface area contributed by atoms with Gasteiger partial charge in [0, 0.05) is 44.8 Å². The minimum Gasteiger partial charge on any atom is -0.378 e. The summed E-state index contributed by atoms with van der Waals surface area (Å²) in [5, 5.41) is 3.30. The van der Waals surface area contributed by atoms with Gasteiger partial charge in [0.2, 0.25) is 5.95 Å². The van der Waals surface area contributed by atoms with E-state index in [2.05, 4.69) is 49.4 Å².